The van der Waals surface area contributed by atoms with Crippen molar-refractivity contribution in [3.05, 3.63) is 82.8 Å². The van der Waals surface area contributed by atoms with Crippen molar-refractivity contribution < 1.29 is 14.4 Å². The zero-order chi connectivity index (χ0) is 22.5. The predicted molar refractivity (Wildman–Crippen MR) is 119 cm³/mol. The van der Waals surface area contributed by atoms with Crippen molar-refractivity contribution >= 4 is 17.7 Å². The highest BCUT2D eigenvalue weighted by atomic mass is 16.2. The van der Waals surface area contributed by atoms with Gasteiger partial charge in [-0.3, -0.25) is 14.5 Å². The molecule has 1 spiro atoms. The molecule has 1 fully saturated rings. The number of hydrogen-bond acceptors (Lipinski definition) is 4. The van der Waals surface area contributed by atoms with E-state index in [1.165, 1.54) is 0 Å². The molecule has 32 heavy (non-hydrogen) atoms. The summed E-state index contributed by atoms with van der Waals surface area (Å²) >= 11 is 0. The fourth-order valence-corrected chi connectivity index (χ4v) is 5.07. The van der Waals surface area contributed by atoms with Gasteiger partial charge >= 0.3 is 6.03 Å². The fraction of sp³-hybridized carbons (Fsp3) is 0.280. The number of nitrogens with zero attached hydrogens (tertiary/aromatic N) is 3. The Bertz CT molecular complexity index is 1250. The number of benzene rings is 1. The number of ketones is 1. The number of Topliss-reactive ketones (excluding diaryl/α,β-unsaturated/α-hetero) is 1. The summed E-state index contributed by atoms with van der Waals surface area (Å²) in [6, 6.07) is 14.6. The first-order chi connectivity index (χ1) is 15.4. The second-order valence-electron chi connectivity index (χ2n) is 8.47. The van der Waals surface area contributed by atoms with Crippen LogP contribution in [0.2, 0.25) is 0 Å². The van der Waals surface area contributed by atoms with Crippen LogP contribution in [0.15, 0.2) is 54.7 Å². The molecule has 0 bridgehead atoms. The van der Waals surface area contributed by atoms with E-state index >= 15 is 0 Å². The number of fused-ring (bicyclic) bond motifs is 2. The maximum atomic E-state index is 13.5. The Balaban J connectivity index is 1.44. The van der Waals surface area contributed by atoms with Gasteiger partial charge in [-0.15, -0.1) is 0 Å². The topological polar surface area (TPSA) is 84.3 Å². The van der Waals surface area contributed by atoms with E-state index < -0.39 is 11.6 Å². The average molecular weight is 428 g/mol. The molecular weight excluding hydrogens is 404 g/mol. The third-order valence-corrected chi connectivity index (χ3v) is 6.56. The van der Waals surface area contributed by atoms with E-state index in [1.54, 1.807) is 12.3 Å². The molecule has 1 aliphatic heterocycles. The fourth-order valence-electron chi connectivity index (χ4n) is 5.07. The molecule has 1 saturated heterocycles. The monoisotopic (exact) mass is 428 g/mol. The summed E-state index contributed by atoms with van der Waals surface area (Å²) in [5, 5.41) is 2.91. The number of aryl methyl sites for hydroxylation is 2. The molecule has 5 rings (SSSR count). The molecule has 3 aromatic rings. The van der Waals surface area contributed by atoms with Crippen molar-refractivity contribution in [3.8, 4) is 5.82 Å². The molecule has 0 unspecified atom stereocenters. The SMILES string of the molecule is Cc1cc(C(=O)CN2C(=O)N[C@@]3(CCCc4ccccc43)C2=O)c(C)n1-c1ccccn1. The zero-order valence-corrected chi connectivity index (χ0v) is 18.1. The van der Waals surface area contributed by atoms with Gasteiger partial charge in [0.15, 0.2) is 5.78 Å². The van der Waals surface area contributed by atoms with E-state index in [4.69, 9.17) is 0 Å². The van der Waals surface area contributed by atoms with Crippen LogP contribution in [-0.4, -0.2) is 38.7 Å². The van der Waals surface area contributed by atoms with Crippen molar-refractivity contribution in [1.82, 2.24) is 19.8 Å². The van der Waals surface area contributed by atoms with Gasteiger partial charge in [-0.2, -0.15) is 0 Å². The largest absolute Gasteiger partial charge is 0.325 e. The molecule has 2 aromatic heterocycles. The average Bonchev–Trinajstić information content (AvgIpc) is 3.22. The van der Waals surface area contributed by atoms with E-state index in [0.29, 0.717) is 17.8 Å². The second-order valence-corrected chi connectivity index (χ2v) is 8.47. The number of pyridine rings is 1. The lowest BCUT2D eigenvalue weighted by atomic mass is 9.76. The number of imide groups is 1. The van der Waals surface area contributed by atoms with Crippen LogP contribution in [0, 0.1) is 13.8 Å². The molecule has 2 aliphatic rings. The normalized spacial score (nSPS) is 19.9. The van der Waals surface area contributed by atoms with Gasteiger partial charge in [-0.25, -0.2) is 9.78 Å². The Morgan fingerprint density at radius 1 is 1.12 bits per heavy atom. The molecule has 1 aromatic carbocycles. The van der Waals surface area contributed by atoms with Crippen LogP contribution >= 0.6 is 0 Å². The van der Waals surface area contributed by atoms with E-state index in [2.05, 4.69) is 10.3 Å². The van der Waals surface area contributed by atoms with E-state index in [1.807, 2.05) is 60.9 Å². The number of amides is 3. The summed E-state index contributed by atoms with van der Waals surface area (Å²) in [5.74, 6) is 0.0979. The smallest absolute Gasteiger partial charge is 0.319 e. The second kappa shape index (κ2) is 7.44. The molecule has 1 N–H and O–H groups in total. The number of urea groups is 1. The summed E-state index contributed by atoms with van der Waals surface area (Å²) in [4.78, 5) is 45.0. The molecule has 0 radical (unpaired) electrons. The van der Waals surface area contributed by atoms with E-state index in [-0.39, 0.29) is 18.2 Å². The number of carbonyl (C=O) groups excluding carboxylic acids is 3. The van der Waals surface area contributed by atoms with Crippen molar-refractivity contribution in [3.63, 3.8) is 0 Å². The Kier molecular flexibility index (Phi) is 4.69. The van der Waals surface area contributed by atoms with Crippen LogP contribution in [0.3, 0.4) is 0 Å². The van der Waals surface area contributed by atoms with Gasteiger partial charge in [-0.05, 0) is 62.4 Å². The van der Waals surface area contributed by atoms with Crippen LogP contribution in [-0.2, 0) is 16.8 Å². The molecular formula is C25H24N4O3. The van der Waals surface area contributed by atoms with Crippen LogP contribution < -0.4 is 5.32 Å². The highest BCUT2D eigenvalue weighted by molar-refractivity contribution is 6.12. The number of aromatic nitrogens is 2. The Hall–Kier alpha value is -3.74. The number of hydrogen-bond donors (Lipinski definition) is 1. The predicted octanol–water partition coefficient (Wildman–Crippen LogP) is 3.46. The minimum absolute atomic E-state index is 0.273. The first kappa shape index (κ1) is 20.2. The van der Waals surface area contributed by atoms with Crippen molar-refractivity contribution in [1.29, 1.82) is 0 Å². The quantitative estimate of drug-likeness (QED) is 0.510. The van der Waals surface area contributed by atoms with Crippen LogP contribution in [0.4, 0.5) is 4.79 Å². The lowest BCUT2D eigenvalue weighted by molar-refractivity contribution is -0.131. The van der Waals surface area contributed by atoms with Crippen LogP contribution in [0.25, 0.3) is 5.82 Å². The van der Waals surface area contributed by atoms with Crippen molar-refractivity contribution in [2.45, 2.75) is 38.6 Å². The molecule has 3 amide bonds. The van der Waals surface area contributed by atoms with E-state index in [0.717, 1.165) is 40.3 Å². The number of carbonyl (C=O) groups is 3. The summed E-state index contributed by atoms with van der Waals surface area (Å²) < 4.78 is 1.90. The molecule has 7 nitrogen and oxygen atoms in total. The summed E-state index contributed by atoms with van der Waals surface area (Å²) in [5.41, 5.74) is 2.92. The maximum Gasteiger partial charge on any atom is 0.325 e. The summed E-state index contributed by atoms with van der Waals surface area (Å²) in [6.07, 6.45) is 3.91. The molecule has 7 heteroatoms. The highest BCUT2D eigenvalue weighted by Crippen LogP contribution is 2.40. The molecule has 162 valence electrons. The van der Waals surface area contributed by atoms with Gasteiger partial charge in [0.1, 0.15) is 11.4 Å². The lowest BCUT2D eigenvalue weighted by Gasteiger charge is -2.33. The van der Waals surface area contributed by atoms with Gasteiger partial charge in [-0.1, -0.05) is 30.3 Å². The molecule has 3 heterocycles. The molecule has 0 saturated carbocycles. The summed E-state index contributed by atoms with van der Waals surface area (Å²) in [7, 11) is 0. The van der Waals surface area contributed by atoms with Crippen molar-refractivity contribution in [2.24, 2.45) is 0 Å². The third kappa shape index (κ3) is 2.96. The maximum absolute atomic E-state index is 13.5. The zero-order valence-electron chi connectivity index (χ0n) is 18.1. The Labute approximate surface area is 186 Å². The summed E-state index contributed by atoms with van der Waals surface area (Å²) in [6.45, 7) is 3.46. The van der Waals surface area contributed by atoms with Gasteiger partial charge in [0.2, 0.25) is 0 Å². The van der Waals surface area contributed by atoms with Gasteiger partial charge in [0.05, 0.1) is 6.54 Å². The Morgan fingerprint density at radius 2 is 1.91 bits per heavy atom. The first-order valence-electron chi connectivity index (χ1n) is 10.8. The first-order valence-corrected chi connectivity index (χ1v) is 10.8. The molecule has 1 aliphatic carbocycles. The standard InChI is InChI=1S/C25H24N4O3/c1-16-14-19(17(2)29(16)22-11-5-6-13-26-22)21(30)15-28-23(31)25(27-24(28)32)12-7-9-18-8-3-4-10-20(18)25/h3-6,8,10-11,13-14H,7,9,12,15H2,1-2H3,(H,27,32)/t25-/m1/s1. The number of rotatable bonds is 4. The van der Waals surface area contributed by atoms with Gasteiger partial charge < -0.3 is 9.88 Å². The number of nitrogens with one attached hydrogen (secondary N) is 1. The lowest BCUT2D eigenvalue weighted by Crippen LogP contribution is -2.46. The minimum atomic E-state index is -1.07. The van der Waals surface area contributed by atoms with Gasteiger partial charge in [0.25, 0.3) is 5.91 Å². The van der Waals surface area contributed by atoms with Gasteiger partial charge in [0, 0.05) is 23.1 Å². The van der Waals surface area contributed by atoms with Crippen LogP contribution in [0.1, 0.15) is 45.7 Å². The highest BCUT2D eigenvalue weighted by Gasteiger charge is 2.54. The minimum Gasteiger partial charge on any atom is -0.319 e. The third-order valence-electron chi connectivity index (χ3n) is 6.56. The Morgan fingerprint density at radius 3 is 2.69 bits per heavy atom. The van der Waals surface area contributed by atoms with Crippen LogP contribution in [0.5, 0.6) is 0 Å². The molecule has 1 atom stereocenters. The van der Waals surface area contributed by atoms with E-state index in [9.17, 15) is 14.4 Å². The van der Waals surface area contributed by atoms with Crippen molar-refractivity contribution in [2.75, 3.05) is 6.54 Å².